The van der Waals surface area contributed by atoms with Crippen LogP contribution in [-0.2, 0) is 28.9 Å². The van der Waals surface area contributed by atoms with Crippen molar-refractivity contribution < 1.29 is 9.53 Å². The second kappa shape index (κ2) is 7.54. The Balaban J connectivity index is 2.70. The smallest absolute Gasteiger partial charge is 0.164 e. The van der Waals surface area contributed by atoms with Crippen LogP contribution in [0.2, 0.25) is 5.02 Å². The van der Waals surface area contributed by atoms with Gasteiger partial charge in [-0.15, -0.1) is 0 Å². The van der Waals surface area contributed by atoms with E-state index in [2.05, 4.69) is 5.10 Å². The zero-order valence-corrected chi connectivity index (χ0v) is 12.1. The van der Waals surface area contributed by atoms with Crippen LogP contribution in [0.3, 0.4) is 0 Å². The SMILES string of the molecule is CCCOCC(=O)Cc1c(Cl)c(CC)nn1CC. The largest absolute Gasteiger partial charge is 0.374 e. The minimum absolute atomic E-state index is 0.0441. The van der Waals surface area contributed by atoms with Crippen LogP contribution in [0.4, 0.5) is 0 Å². The van der Waals surface area contributed by atoms with Crippen LogP contribution in [-0.4, -0.2) is 28.8 Å². The minimum Gasteiger partial charge on any atom is -0.374 e. The van der Waals surface area contributed by atoms with E-state index in [1.807, 2.05) is 20.8 Å². The van der Waals surface area contributed by atoms with Crippen molar-refractivity contribution >= 4 is 17.4 Å². The number of aromatic nitrogens is 2. The lowest BCUT2D eigenvalue weighted by molar-refractivity contribution is -0.123. The number of ketones is 1. The van der Waals surface area contributed by atoms with E-state index >= 15 is 0 Å². The quantitative estimate of drug-likeness (QED) is 0.684. The van der Waals surface area contributed by atoms with Gasteiger partial charge in [0.1, 0.15) is 6.61 Å². The highest BCUT2D eigenvalue weighted by Crippen LogP contribution is 2.22. The van der Waals surface area contributed by atoms with Crippen molar-refractivity contribution in [1.29, 1.82) is 0 Å². The highest BCUT2D eigenvalue weighted by Gasteiger charge is 2.17. The fraction of sp³-hybridized carbons (Fsp3) is 0.692. The molecular formula is C13H21ClN2O2. The molecule has 1 aromatic heterocycles. The topological polar surface area (TPSA) is 44.1 Å². The summed E-state index contributed by atoms with van der Waals surface area (Å²) in [5.74, 6) is 0.0441. The number of carbonyl (C=O) groups is 1. The maximum absolute atomic E-state index is 11.8. The average Bonchev–Trinajstić information content (AvgIpc) is 2.66. The highest BCUT2D eigenvalue weighted by atomic mass is 35.5. The molecule has 1 heterocycles. The molecule has 0 atom stereocenters. The summed E-state index contributed by atoms with van der Waals surface area (Å²) in [5.41, 5.74) is 1.66. The Hall–Kier alpha value is -0.870. The van der Waals surface area contributed by atoms with Gasteiger partial charge < -0.3 is 4.74 Å². The number of rotatable bonds is 8. The molecule has 4 nitrogen and oxygen atoms in total. The van der Waals surface area contributed by atoms with Gasteiger partial charge in [0.25, 0.3) is 0 Å². The summed E-state index contributed by atoms with van der Waals surface area (Å²) in [7, 11) is 0. The Morgan fingerprint density at radius 2 is 2.11 bits per heavy atom. The first-order valence-electron chi connectivity index (χ1n) is 6.47. The number of hydrogen-bond acceptors (Lipinski definition) is 3. The fourth-order valence-corrected chi connectivity index (χ4v) is 2.09. The summed E-state index contributed by atoms with van der Waals surface area (Å²) in [6, 6.07) is 0. The number of halogens is 1. The van der Waals surface area contributed by atoms with Gasteiger partial charge >= 0.3 is 0 Å². The second-order valence-corrected chi connectivity index (χ2v) is 4.52. The van der Waals surface area contributed by atoms with Crippen molar-refractivity contribution in [2.75, 3.05) is 13.2 Å². The van der Waals surface area contributed by atoms with Crippen LogP contribution in [0, 0.1) is 0 Å². The minimum atomic E-state index is 0.0441. The van der Waals surface area contributed by atoms with Gasteiger partial charge in [-0.05, 0) is 19.8 Å². The van der Waals surface area contributed by atoms with E-state index in [-0.39, 0.29) is 12.4 Å². The van der Waals surface area contributed by atoms with Gasteiger partial charge in [-0.1, -0.05) is 25.4 Å². The molecule has 1 rings (SSSR count). The zero-order chi connectivity index (χ0) is 13.5. The van der Waals surface area contributed by atoms with Crippen LogP contribution >= 0.6 is 11.6 Å². The van der Waals surface area contributed by atoms with Crippen molar-refractivity contribution in [3.63, 3.8) is 0 Å². The van der Waals surface area contributed by atoms with E-state index in [9.17, 15) is 4.79 Å². The second-order valence-electron chi connectivity index (χ2n) is 4.14. The monoisotopic (exact) mass is 272 g/mol. The van der Waals surface area contributed by atoms with Crippen LogP contribution in [0.1, 0.15) is 38.6 Å². The summed E-state index contributed by atoms with van der Waals surface area (Å²) in [6.07, 6.45) is 1.99. The van der Waals surface area contributed by atoms with Crippen LogP contribution in [0.25, 0.3) is 0 Å². The van der Waals surface area contributed by atoms with Crippen molar-refractivity contribution in [3.8, 4) is 0 Å². The fourth-order valence-electron chi connectivity index (χ4n) is 1.75. The van der Waals surface area contributed by atoms with E-state index in [0.29, 0.717) is 18.1 Å². The summed E-state index contributed by atoms with van der Waals surface area (Å²) in [6.45, 7) is 7.50. The molecule has 0 amide bonds. The molecule has 18 heavy (non-hydrogen) atoms. The molecule has 0 aliphatic heterocycles. The van der Waals surface area contributed by atoms with E-state index in [0.717, 1.165) is 30.8 Å². The Labute approximate surface area is 113 Å². The predicted octanol–water partition coefficient (Wildman–Crippen LogP) is 2.66. The van der Waals surface area contributed by atoms with Crippen molar-refractivity contribution in [1.82, 2.24) is 9.78 Å². The van der Waals surface area contributed by atoms with Crippen molar-refractivity contribution in [3.05, 3.63) is 16.4 Å². The van der Waals surface area contributed by atoms with Gasteiger partial charge in [0.15, 0.2) is 5.78 Å². The number of aryl methyl sites for hydroxylation is 2. The first kappa shape index (κ1) is 15.2. The first-order chi connectivity index (χ1) is 8.63. The van der Waals surface area contributed by atoms with Gasteiger partial charge in [0.2, 0.25) is 0 Å². The van der Waals surface area contributed by atoms with Gasteiger partial charge in [0.05, 0.1) is 22.8 Å². The van der Waals surface area contributed by atoms with Crippen LogP contribution in [0.15, 0.2) is 0 Å². The average molecular weight is 273 g/mol. The molecule has 102 valence electrons. The molecule has 0 fully saturated rings. The molecule has 0 N–H and O–H groups in total. The summed E-state index contributed by atoms with van der Waals surface area (Å²) < 4.78 is 7.05. The number of Topliss-reactive ketones (excluding diaryl/α,β-unsaturated/α-hetero) is 1. The first-order valence-corrected chi connectivity index (χ1v) is 6.85. The Morgan fingerprint density at radius 3 is 2.67 bits per heavy atom. The standard InChI is InChI=1S/C13H21ClN2O2/c1-4-7-18-9-10(17)8-12-13(14)11(5-2)15-16(12)6-3/h4-9H2,1-3H3. The van der Waals surface area contributed by atoms with Crippen molar-refractivity contribution in [2.45, 2.75) is 46.6 Å². The van der Waals surface area contributed by atoms with Crippen molar-refractivity contribution in [2.24, 2.45) is 0 Å². The normalized spacial score (nSPS) is 10.9. The number of nitrogens with zero attached hydrogens (tertiary/aromatic N) is 2. The maximum Gasteiger partial charge on any atom is 0.164 e. The third-order valence-electron chi connectivity index (χ3n) is 2.67. The molecule has 0 saturated heterocycles. The molecule has 0 unspecified atom stereocenters. The number of carbonyl (C=O) groups excluding carboxylic acids is 1. The zero-order valence-electron chi connectivity index (χ0n) is 11.3. The van der Waals surface area contributed by atoms with E-state index in [4.69, 9.17) is 16.3 Å². The van der Waals surface area contributed by atoms with Gasteiger partial charge in [0, 0.05) is 13.2 Å². The van der Waals surface area contributed by atoms with Crippen LogP contribution < -0.4 is 0 Å². The summed E-state index contributed by atoms with van der Waals surface area (Å²) >= 11 is 6.24. The van der Waals surface area contributed by atoms with E-state index < -0.39 is 0 Å². The Bertz CT molecular complexity index is 402. The highest BCUT2D eigenvalue weighted by molar-refractivity contribution is 6.32. The summed E-state index contributed by atoms with van der Waals surface area (Å²) in [4.78, 5) is 11.8. The molecule has 0 bridgehead atoms. The van der Waals surface area contributed by atoms with E-state index in [1.54, 1.807) is 4.68 Å². The summed E-state index contributed by atoms with van der Waals surface area (Å²) in [5, 5.41) is 5.02. The Morgan fingerprint density at radius 1 is 1.39 bits per heavy atom. The molecule has 5 heteroatoms. The number of ether oxygens (including phenoxy) is 1. The molecular weight excluding hydrogens is 252 g/mol. The van der Waals surface area contributed by atoms with Gasteiger partial charge in [-0.25, -0.2) is 0 Å². The van der Waals surface area contributed by atoms with Crippen LogP contribution in [0.5, 0.6) is 0 Å². The lowest BCUT2D eigenvalue weighted by atomic mass is 10.2. The molecule has 0 radical (unpaired) electrons. The lowest BCUT2D eigenvalue weighted by Crippen LogP contribution is -2.15. The lowest BCUT2D eigenvalue weighted by Gasteiger charge is -2.05. The van der Waals surface area contributed by atoms with Gasteiger partial charge in [-0.2, -0.15) is 5.10 Å². The molecule has 0 aliphatic carbocycles. The number of hydrogen-bond donors (Lipinski definition) is 0. The van der Waals surface area contributed by atoms with Gasteiger partial charge in [-0.3, -0.25) is 9.48 Å². The predicted molar refractivity (Wildman–Crippen MR) is 72.1 cm³/mol. The molecule has 1 aromatic rings. The maximum atomic E-state index is 11.8. The molecule has 0 aromatic carbocycles. The molecule has 0 saturated carbocycles. The third-order valence-corrected chi connectivity index (χ3v) is 3.11. The Kier molecular flexibility index (Phi) is 6.36. The molecule has 0 spiro atoms. The molecule has 0 aliphatic rings. The van der Waals surface area contributed by atoms with E-state index in [1.165, 1.54) is 0 Å². The third kappa shape index (κ3) is 3.82.